The van der Waals surface area contributed by atoms with Crippen molar-refractivity contribution in [1.29, 1.82) is 0 Å². The summed E-state index contributed by atoms with van der Waals surface area (Å²) in [6, 6.07) is 12.2. The van der Waals surface area contributed by atoms with Crippen molar-refractivity contribution in [3.05, 3.63) is 81.2 Å². The van der Waals surface area contributed by atoms with Crippen LogP contribution in [0.5, 0.6) is 0 Å². The molecule has 2 aromatic carbocycles. The molecule has 0 radical (unpaired) electrons. The molecule has 0 spiro atoms. The minimum atomic E-state index is -0.465. The second-order valence-corrected chi connectivity index (χ2v) is 8.87. The third-order valence-electron chi connectivity index (χ3n) is 4.77. The van der Waals surface area contributed by atoms with Gasteiger partial charge in [0.25, 0.3) is 5.56 Å². The summed E-state index contributed by atoms with van der Waals surface area (Å²) in [4.78, 5) is 41.8. The average Bonchev–Trinajstić information content (AvgIpc) is 3.27. The first kappa shape index (κ1) is 22.7. The number of rotatable bonds is 6. The molecule has 2 aromatic heterocycles. The molecule has 0 saturated heterocycles. The highest BCUT2D eigenvalue weighted by molar-refractivity contribution is 7.99. The quantitative estimate of drug-likeness (QED) is 0.248. The Morgan fingerprint density at radius 2 is 1.94 bits per heavy atom. The number of halogens is 1. The van der Waals surface area contributed by atoms with Gasteiger partial charge in [0.05, 0.1) is 29.6 Å². The minimum Gasteiger partial charge on any atom is -0.465 e. The fourth-order valence-corrected chi connectivity index (χ4v) is 4.77. The smallest absolute Gasteiger partial charge is 0.337 e. The maximum Gasteiger partial charge on any atom is 0.337 e. The summed E-state index contributed by atoms with van der Waals surface area (Å²) in [6.45, 7) is 1.71. The molecule has 0 aliphatic rings. The number of nitrogens with zero attached hydrogens (tertiary/aromatic N) is 2. The maximum absolute atomic E-state index is 13.6. The lowest BCUT2D eigenvalue weighted by atomic mass is 10.2. The van der Waals surface area contributed by atoms with Gasteiger partial charge in [0.1, 0.15) is 10.5 Å². The largest absolute Gasteiger partial charge is 0.465 e. The van der Waals surface area contributed by atoms with Gasteiger partial charge in [-0.3, -0.25) is 14.2 Å². The van der Waals surface area contributed by atoms with Crippen LogP contribution < -0.4 is 10.9 Å². The zero-order valence-corrected chi connectivity index (χ0v) is 19.3. The zero-order chi connectivity index (χ0) is 23.5. The molecule has 10 heteroatoms. The van der Waals surface area contributed by atoms with Gasteiger partial charge in [0.15, 0.2) is 5.16 Å². The normalized spacial score (nSPS) is 10.9. The number of hydrogen-bond donors (Lipinski definition) is 1. The summed E-state index contributed by atoms with van der Waals surface area (Å²) in [5, 5.41) is 4.85. The molecule has 0 bridgehead atoms. The topological polar surface area (TPSA) is 90.3 Å². The lowest BCUT2D eigenvalue weighted by molar-refractivity contribution is -0.113. The highest BCUT2D eigenvalue weighted by atomic mass is 32.2. The first-order chi connectivity index (χ1) is 15.9. The molecule has 33 heavy (non-hydrogen) atoms. The highest BCUT2D eigenvalue weighted by Crippen LogP contribution is 2.25. The van der Waals surface area contributed by atoms with Crippen LogP contribution in [0.4, 0.5) is 10.1 Å². The number of carbonyl (C=O) groups excluding carboxylic acids is 2. The van der Waals surface area contributed by atoms with E-state index in [-0.39, 0.29) is 17.2 Å². The first-order valence-electron chi connectivity index (χ1n) is 9.75. The van der Waals surface area contributed by atoms with Crippen LogP contribution in [0, 0.1) is 12.7 Å². The summed E-state index contributed by atoms with van der Waals surface area (Å²) >= 11 is 2.38. The number of hydrogen-bond acceptors (Lipinski definition) is 7. The van der Waals surface area contributed by atoms with Gasteiger partial charge in [0, 0.05) is 5.69 Å². The summed E-state index contributed by atoms with van der Waals surface area (Å²) in [5.74, 6) is -1.19. The van der Waals surface area contributed by atoms with Crippen LogP contribution in [0.1, 0.15) is 15.9 Å². The standard InChI is InChI=1S/C23H18FN3O4S2/c1-13-11-15(24)5-8-18(13)27-21(29)20-17(9-10-32-20)26-23(27)33-12-19(28)25-16-6-3-14(4-7-16)22(30)31-2/h3-11H,12H2,1-2H3,(H,25,28). The van der Waals surface area contributed by atoms with Gasteiger partial charge in [-0.25, -0.2) is 14.2 Å². The van der Waals surface area contributed by atoms with Crippen LogP contribution in [-0.4, -0.2) is 34.3 Å². The van der Waals surface area contributed by atoms with Crippen LogP contribution in [0.25, 0.3) is 15.9 Å². The first-order valence-corrected chi connectivity index (χ1v) is 11.6. The van der Waals surface area contributed by atoms with Crippen molar-refractivity contribution in [2.24, 2.45) is 0 Å². The second-order valence-electron chi connectivity index (χ2n) is 7.01. The van der Waals surface area contributed by atoms with E-state index in [1.165, 1.54) is 41.2 Å². The SMILES string of the molecule is COC(=O)c1ccc(NC(=O)CSc2nc3ccsc3c(=O)n2-c2ccc(F)cc2C)cc1. The van der Waals surface area contributed by atoms with Gasteiger partial charge in [0.2, 0.25) is 5.91 Å². The molecule has 0 fully saturated rings. The van der Waals surface area contributed by atoms with E-state index in [4.69, 9.17) is 0 Å². The van der Waals surface area contributed by atoms with E-state index < -0.39 is 11.8 Å². The average molecular weight is 484 g/mol. The predicted octanol–water partition coefficient (Wildman–Crippen LogP) is 4.41. The Morgan fingerprint density at radius 1 is 1.18 bits per heavy atom. The van der Waals surface area contributed by atoms with E-state index in [2.05, 4.69) is 15.0 Å². The van der Waals surface area contributed by atoms with Gasteiger partial charge in [-0.05, 0) is 66.4 Å². The van der Waals surface area contributed by atoms with Gasteiger partial charge in [-0.1, -0.05) is 11.8 Å². The van der Waals surface area contributed by atoms with Crippen LogP contribution in [0.2, 0.25) is 0 Å². The number of esters is 1. The van der Waals surface area contributed by atoms with Crippen molar-refractivity contribution in [2.75, 3.05) is 18.2 Å². The monoisotopic (exact) mass is 483 g/mol. The molecule has 4 rings (SSSR count). The number of benzene rings is 2. The Hall–Kier alpha value is -3.50. The van der Waals surface area contributed by atoms with E-state index in [0.717, 1.165) is 11.8 Å². The Morgan fingerprint density at radius 3 is 2.64 bits per heavy atom. The number of anilines is 1. The summed E-state index contributed by atoms with van der Waals surface area (Å²) in [5.41, 5.74) is 2.24. The summed E-state index contributed by atoms with van der Waals surface area (Å²) in [6.07, 6.45) is 0. The number of thioether (sulfide) groups is 1. The van der Waals surface area contributed by atoms with Crippen molar-refractivity contribution < 1.29 is 18.7 Å². The van der Waals surface area contributed by atoms with Crippen molar-refractivity contribution in [2.45, 2.75) is 12.1 Å². The number of carbonyl (C=O) groups is 2. The minimum absolute atomic E-state index is 0.0128. The third kappa shape index (κ3) is 4.81. The number of nitrogens with one attached hydrogen (secondary N) is 1. The van der Waals surface area contributed by atoms with Crippen LogP contribution in [-0.2, 0) is 9.53 Å². The van der Waals surface area contributed by atoms with Crippen LogP contribution in [0.3, 0.4) is 0 Å². The van der Waals surface area contributed by atoms with Crippen LogP contribution in [0.15, 0.2) is 63.9 Å². The number of aromatic nitrogens is 2. The predicted molar refractivity (Wildman–Crippen MR) is 127 cm³/mol. The molecule has 2 heterocycles. The summed E-state index contributed by atoms with van der Waals surface area (Å²) in [7, 11) is 1.30. The Labute approximate surface area is 196 Å². The van der Waals surface area contributed by atoms with Crippen molar-refractivity contribution in [3.8, 4) is 5.69 Å². The van der Waals surface area contributed by atoms with Gasteiger partial charge >= 0.3 is 5.97 Å². The van der Waals surface area contributed by atoms with E-state index in [1.807, 2.05) is 0 Å². The molecule has 168 valence electrons. The number of aryl methyl sites for hydroxylation is 1. The van der Waals surface area contributed by atoms with Crippen LogP contribution >= 0.6 is 23.1 Å². The van der Waals surface area contributed by atoms with Crippen molar-refractivity contribution in [1.82, 2.24) is 9.55 Å². The highest BCUT2D eigenvalue weighted by Gasteiger charge is 2.17. The molecule has 7 nitrogen and oxygen atoms in total. The number of ether oxygens (including phenoxy) is 1. The van der Waals surface area contributed by atoms with E-state index in [1.54, 1.807) is 42.6 Å². The molecule has 1 amide bonds. The Kier molecular flexibility index (Phi) is 6.57. The molecular formula is C23H18FN3O4S2. The fourth-order valence-electron chi connectivity index (χ4n) is 3.21. The molecule has 0 aliphatic heterocycles. The fraction of sp³-hybridized carbons (Fsp3) is 0.130. The molecular weight excluding hydrogens is 465 g/mol. The van der Waals surface area contributed by atoms with E-state index in [0.29, 0.717) is 37.9 Å². The number of thiophene rings is 1. The lowest BCUT2D eigenvalue weighted by Crippen LogP contribution is -2.23. The molecule has 4 aromatic rings. The molecule has 0 unspecified atom stereocenters. The number of methoxy groups -OCH3 is 1. The van der Waals surface area contributed by atoms with Crippen molar-refractivity contribution >= 4 is 50.9 Å². The Bertz CT molecular complexity index is 1410. The lowest BCUT2D eigenvalue weighted by Gasteiger charge is -2.14. The summed E-state index contributed by atoms with van der Waals surface area (Å²) < 4.78 is 20.2. The molecule has 0 atom stereocenters. The Balaban J connectivity index is 1.59. The van der Waals surface area contributed by atoms with E-state index in [9.17, 15) is 18.8 Å². The molecule has 0 aliphatic carbocycles. The zero-order valence-electron chi connectivity index (χ0n) is 17.6. The number of fused-ring (bicyclic) bond motifs is 1. The third-order valence-corrected chi connectivity index (χ3v) is 6.60. The van der Waals surface area contributed by atoms with Gasteiger partial charge in [-0.2, -0.15) is 0 Å². The molecule has 0 saturated carbocycles. The number of amides is 1. The molecule has 1 N–H and O–H groups in total. The second kappa shape index (κ2) is 9.55. The van der Waals surface area contributed by atoms with E-state index >= 15 is 0 Å². The van der Waals surface area contributed by atoms with Crippen molar-refractivity contribution in [3.63, 3.8) is 0 Å². The van der Waals surface area contributed by atoms with Gasteiger partial charge in [-0.15, -0.1) is 11.3 Å². The van der Waals surface area contributed by atoms with Gasteiger partial charge < -0.3 is 10.1 Å². The maximum atomic E-state index is 13.6.